The first kappa shape index (κ1) is 19.9. The molecule has 3 amide bonds. The van der Waals surface area contributed by atoms with Crippen LogP contribution in [0.4, 0.5) is 10.1 Å². The molecule has 4 rings (SSSR count). The third-order valence-corrected chi connectivity index (χ3v) is 5.80. The van der Waals surface area contributed by atoms with Gasteiger partial charge >= 0.3 is 0 Å². The molecule has 154 valence electrons. The molecule has 2 aliphatic rings. The summed E-state index contributed by atoms with van der Waals surface area (Å²) in [6.45, 7) is 1.72. The number of halogens is 1. The van der Waals surface area contributed by atoms with Crippen LogP contribution in [-0.4, -0.2) is 23.4 Å². The van der Waals surface area contributed by atoms with Gasteiger partial charge in [0.05, 0.1) is 23.2 Å². The number of amides is 3. The van der Waals surface area contributed by atoms with E-state index in [9.17, 15) is 18.8 Å². The van der Waals surface area contributed by atoms with Crippen LogP contribution >= 0.6 is 0 Å². The van der Waals surface area contributed by atoms with E-state index in [1.54, 1.807) is 31.2 Å². The van der Waals surface area contributed by atoms with Crippen LogP contribution in [0.15, 0.2) is 53.6 Å². The number of anilines is 1. The lowest BCUT2D eigenvalue weighted by molar-refractivity contribution is -0.122. The molecule has 2 atom stereocenters. The number of imide groups is 1. The SMILES string of the molecule is CC(=NNC(=O)c1cccc(F)c1)c1ccc(N2C(=O)C3CCCCC3C2=O)cc1. The Labute approximate surface area is 173 Å². The van der Waals surface area contributed by atoms with Crippen LogP contribution in [-0.2, 0) is 9.59 Å². The Bertz CT molecular complexity index is 1010. The molecule has 1 N–H and O–H groups in total. The molecular weight excluding hydrogens is 385 g/mol. The highest BCUT2D eigenvalue weighted by atomic mass is 19.1. The summed E-state index contributed by atoms with van der Waals surface area (Å²) in [6, 6.07) is 12.3. The second kappa shape index (κ2) is 8.18. The van der Waals surface area contributed by atoms with Crippen molar-refractivity contribution in [3.8, 4) is 0 Å². The number of nitrogens with zero attached hydrogens (tertiary/aromatic N) is 2. The fourth-order valence-electron chi connectivity index (χ4n) is 4.16. The van der Waals surface area contributed by atoms with Gasteiger partial charge in [-0.3, -0.25) is 19.3 Å². The minimum absolute atomic E-state index is 0.106. The fraction of sp³-hybridized carbons (Fsp3) is 0.304. The van der Waals surface area contributed by atoms with Gasteiger partial charge < -0.3 is 0 Å². The molecule has 0 radical (unpaired) electrons. The standard InChI is InChI=1S/C23H22FN3O3/c1-14(25-26-21(28)16-5-4-6-17(24)13-16)15-9-11-18(12-10-15)27-22(29)19-7-2-3-8-20(19)23(27)30/h4-6,9-13,19-20H,2-3,7-8H2,1H3,(H,26,28). The van der Waals surface area contributed by atoms with Crippen LogP contribution < -0.4 is 10.3 Å². The molecule has 1 aliphatic carbocycles. The van der Waals surface area contributed by atoms with E-state index >= 15 is 0 Å². The molecule has 2 aromatic carbocycles. The van der Waals surface area contributed by atoms with Gasteiger partial charge in [0.2, 0.25) is 11.8 Å². The molecule has 0 spiro atoms. The highest BCUT2D eigenvalue weighted by Gasteiger charge is 2.48. The molecule has 6 nitrogen and oxygen atoms in total. The number of rotatable bonds is 4. The van der Waals surface area contributed by atoms with E-state index in [0.29, 0.717) is 11.4 Å². The van der Waals surface area contributed by atoms with Crippen molar-refractivity contribution >= 4 is 29.1 Å². The Morgan fingerprint density at radius 1 is 1.00 bits per heavy atom. The maximum Gasteiger partial charge on any atom is 0.271 e. The fourth-order valence-corrected chi connectivity index (χ4v) is 4.16. The van der Waals surface area contributed by atoms with E-state index in [-0.39, 0.29) is 29.2 Å². The third kappa shape index (κ3) is 3.75. The molecule has 30 heavy (non-hydrogen) atoms. The lowest BCUT2D eigenvalue weighted by Gasteiger charge is -2.19. The predicted octanol–water partition coefficient (Wildman–Crippen LogP) is 3.66. The first-order valence-electron chi connectivity index (χ1n) is 10.0. The van der Waals surface area contributed by atoms with Gasteiger partial charge in [0, 0.05) is 5.56 Å². The molecule has 0 aromatic heterocycles. The van der Waals surface area contributed by atoms with Crippen molar-refractivity contribution < 1.29 is 18.8 Å². The maximum absolute atomic E-state index is 13.2. The monoisotopic (exact) mass is 407 g/mol. The van der Waals surface area contributed by atoms with Gasteiger partial charge in [0.15, 0.2) is 0 Å². The Hall–Kier alpha value is -3.35. The number of carbonyl (C=O) groups excluding carboxylic acids is 3. The van der Waals surface area contributed by atoms with Gasteiger partial charge in [0.1, 0.15) is 5.82 Å². The molecule has 1 heterocycles. The number of hydrogen-bond acceptors (Lipinski definition) is 4. The topological polar surface area (TPSA) is 78.8 Å². The summed E-state index contributed by atoms with van der Waals surface area (Å²) in [5.41, 5.74) is 4.41. The lowest BCUT2D eigenvalue weighted by Crippen LogP contribution is -2.30. The zero-order valence-corrected chi connectivity index (χ0v) is 16.6. The van der Waals surface area contributed by atoms with E-state index in [2.05, 4.69) is 10.5 Å². The summed E-state index contributed by atoms with van der Waals surface area (Å²) >= 11 is 0. The van der Waals surface area contributed by atoms with Crippen LogP contribution in [0.2, 0.25) is 0 Å². The number of hydrazone groups is 1. The number of fused-ring (bicyclic) bond motifs is 1. The van der Waals surface area contributed by atoms with Gasteiger partial charge in [-0.25, -0.2) is 9.82 Å². The van der Waals surface area contributed by atoms with Crippen molar-refractivity contribution in [2.45, 2.75) is 32.6 Å². The summed E-state index contributed by atoms with van der Waals surface area (Å²) in [6.07, 6.45) is 3.54. The molecule has 7 heteroatoms. The van der Waals surface area contributed by atoms with Gasteiger partial charge in [0.25, 0.3) is 5.91 Å². The van der Waals surface area contributed by atoms with E-state index in [1.807, 2.05) is 0 Å². The minimum Gasteiger partial charge on any atom is -0.274 e. The number of nitrogens with one attached hydrogen (secondary N) is 1. The molecular formula is C23H22FN3O3. The summed E-state index contributed by atoms with van der Waals surface area (Å²) in [5.74, 6) is -1.60. The van der Waals surface area contributed by atoms with E-state index < -0.39 is 11.7 Å². The normalized spacial score (nSPS) is 21.5. The first-order chi connectivity index (χ1) is 14.5. The summed E-state index contributed by atoms with van der Waals surface area (Å²) < 4.78 is 13.2. The summed E-state index contributed by atoms with van der Waals surface area (Å²) in [7, 11) is 0. The van der Waals surface area contributed by atoms with Crippen LogP contribution in [0.3, 0.4) is 0 Å². The number of hydrogen-bond donors (Lipinski definition) is 1. The highest BCUT2D eigenvalue weighted by Crippen LogP contribution is 2.40. The Morgan fingerprint density at radius 3 is 2.23 bits per heavy atom. The van der Waals surface area contributed by atoms with Gasteiger partial charge in [-0.05, 0) is 55.7 Å². The van der Waals surface area contributed by atoms with Crippen molar-refractivity contribution in [1.82, 2.24) is 5.43 Å². The second-order valence-electron chi connectivity index (χ2n) is 7.70. The van der Waals surface area contributed by atoms with Gasteiger partial charge in [-0.1, -0.05) is 31.0 Å². The average molecular weight is 407 g/mol. The number of benzene rings is 2. The van der Waals surface area contributed by atoms with Crippen molar-refractivity contribution in [2.75, 3.05) is 4.90 Å². The van der Waals surface area contributed by atoms with E-state index in [4.69, 9.17) is 0 Å². The van der Waals surface area contributed by atoms with E-state index in [1.165, 1.54) is 23.1 Å². The summed E-state index contributed by atoms with van der Waals surface area (Å²) in [4.78, 5) is 38.8. The van der Waals surface area contributed by atoms with Crippen molar-refractivity contribution in [1.29, 1.82) is 0 Å². The average Bonchev–Trinajstić information content (AvgIpc) is 3.02. The van der Waals surface area contributed by atoms with Gasteiger partial charge in [-0.2, -0.15) is 5.10 Å². The zero-order chi connectivity index (χ0) is 21.3. The third-order valence-electron chi connectivity index (χ3n) is 5.80. The molecule has 0 bridgehead atoms. The summed E-state index contributed by atoms with van der Waals surface area (Å²) in [5, 5.41) is 4.06. The minimum atomic E-state index is -0.513. The van der Waals surface area contributed by atoms with E-state index in [0.717, 1.165) is 37.3 Å². The van der Waals surface area contributed by atoms with Crippen LogP contribution in [0.5, 0.6) is 0 Å². The lowest BCUT2D eigenvalue weighted by atomic mass is 9.81. The molecule has 2 unspecified atom stereocenters. The molecule has 1 aliphatic heterocycles. The quantitative estimate of drug-likeness (QED) is 0.477. The maximum atomic E-state index is 13.2. The Balaban J connectivity index is 1.46. The largest absolute Gasteiger partial charge is 0.274 e. The Kier molecular flexibility index (Phi) is 5.44. The second-order valence-corrected chi connectivity index (χ2v) is 7.70. The Morgan fingerprint density at radius 2 is 1.63 bits per heavy atom. The first-order valence-corrected chi connectivity index (χ1v) is 10.0. The predicted molar refractivity (Wildman–Crippen MR) is 110 cm³/mol. The molecule has 1 saturated carbocycles. The number of carbonyl (C=O) groups is 3. The smallest absolute Gasteiger partial charge is 0.271 e. The zero-order valence-electron chi connectivity index (χ0n) is 16.6. The van der Waals surface area contributed by atoms with Crippen molar-refractivity contribution in [3.05, 3.63) is 65.5 Å². The van der Waals surface area contributed by atoms with Crippen LogP contribution in [0.25, 0.3) is 0 Å². The molecule has 2 aromatic rings. The van der Waals surface area contributed by atoms with Crippen molar-refractivity contribution in [3.63, 3.8) is 0 Å². The van der Waals surface area contributed by atoms with Crippen LogP contribution in [0, 0.1) is 17.7 Å². The van der Waals surface area contributed by atoms with Crippen LogP contribution in [0.1, 0.15) is 48.5 Å². The molecule has 2 fully saturated rings. The highest BCUT2D eigenvalue weighted by molar-refractivity contribution is 6.22. The van der Waals surface area contributed by atoms with Crippen molar-refractivity contribution in [2.24, 2.45) is 16.9 Å². The van der Waals surface area contributed by atoms with Gasteiger partial charge in [-0.15, -0.1) is 0 Å². The molecule has 1 saturated heterocycles.